The van der Waals surface area contributed by atoms with Gasteiger partial charge in [0.05, 0.1) is 0 Å². The van der Waals surface area contributed by atoms with E-state index in [4.69, 9.17) is 0 Å². The molecule has 14 heavy (non-hydrogen) atoms. The van der Waals surface area contributed by atoms with Crippen molar-refractivity contribution in [1.29, 1.82) is 0 Å². The minimum Gasteiger partial charge on any atom is -0.487 e. The molecule has 0 aliphatic carbocycles. The third kappa shape index (κ3) is 3.35. The van der Waals surface area contributed by atoms with Crippen molar-refractivity contribution in [2.75, 3.05) is 6.61 Å². The molecule has 2 nitrogen and oxygen atoms in total. The summed E-state index contributed by atoms with van der Waals surface area (Å²) in [5, 5.41) is 0. The number of ether oxygens (including phenoxy) is 1. The van der Waals surface area contributed by atoms with E-state index in [9.17, 15) is 13.6 Å². The summed E-state index contributed by atoms with van der Waals surface area (Å²) in [5.74, 6) is -0.330. The van der Waals surface area contributed by atoms with Gasteiger partial charge in [-0.25, -0.2) is 0 Å². The highest BCUT2D eigenvalue weighted by molar-refractivity contribution is 5.97. The lowest BCUT2D eigenvalue weighted by molar-refractivity contribution is 0.0879. The molecular weight excluding hydrogens is 190 g/mol. The lowest BCUT2D eigenvalue weighted by Gasteiger charge is -1.99. The second-order valence-corrected chi connectivity index (χ2v) is 2.51. The maximum absolute atomic E-state index is 11.5. The van der Waals surface area contributed by atoms with Crippen LogP contribution in [0.3, 0.4) is 0 Å². The molecule has 74 valence electrons. The Hall–Kier alpha value is -1.71. The molecular formula is C10H8F2O2. The Morgan fingerprint density at radius 3 is 2.50 bits per heavy atom. The molecule has 0 atom stereocenters. The first kappa shape index (κ1) is 10.4. The lowest BCUT2D eigenvalue weighted by Crippen LogP contribution is -2.06. The number of rotatable bonds is 4. The number of halogens is 2. The Bertz CT molecular complexity index is 329. The van der Waals surface area contributed by atoms with Gasteiger partial charge in [-0.05, 0) is 0 Å². The quantitative estimate of drug-likeness (QED) is 0.549. The second-order valence-electron chi connectivity index (χ2n) is 2.51. The first-order chi connectivity index (χ1) is 6.70. The van der Waals surface area contributed by atoms with Gasteiger partial charge in [-0.1, -0.05) is 30.3 Å². The van der Waals surface area contributed by atoms with E-state index in [2.05, 4.69) is 4.74 Å². The van der Waals surface area contributed by atoms with Gasteiger partial charge < -0.3 is 4.74 Å². The van der Waals surface area contributed by atoms with Crippen LogP contribution >= 0.6 is 0 Å². The summed E-state index contributed by atoms with van der Waals surface area (Å²) in [6, 6.07) is 8.35. The number of hydrogen-bond acceptors (Lipinski definition) is 2. The molecule has 0 saturated heterocycles. The van der Waals surface area contributed by atoms with Crippen molar-refractivity contribution in [2.24, 2.45) is 0 Å². The van der Waals surface area contributed by atoms with Crippen molar-refractivity contribution in [3.8, 4) is 0 Å². The number of carbonyl (C=O) groups excluding carboxylic acids is 1. The highest BCUT2D eigenvalue weighted by Gasteiger charge is 2.04. The van der Waals surface area contributed by atoms with Crippen molar-refractivity contribution < 1.29 is 18.3 Å². The van der Waals surface area contributed by atoms with E-state index in [1.807, 2.05) is 0 Å². The van der Waals surface area contributed by atoms with E-state index >= 15 is 0 Å². The first-order valence-electron chi connectivity index (χ1n) is 3.91. The van der Waals surface area contributed by atoms with Gasteiger partial charge in [0, 0.05) is 5.56 Å². The van der Waals surface area contributed by atoms with Gasteiger partial charge in [-0.15, -0.1) is 0 Å². The predicted octanol–water partition coefficient (Wildman–Crippen LogP) is 2.62. The third-order valence-corrected chi connectivity index (χ3v) is 1.48. The van der Waals surface area contributed by atoms with Gasteiger partial charge in [0.15, 0.2) is 12.4 Å². The average molecular weight is 198 g/mol. The van der Waals surface area contributed by atoms with Crippen LogP contribution in [-0.4, -0.2) is 12.4 Å². The molecule has 0 aromatic heterocycles. The number of hydrogen-bond donors (Lipinski definition) is 0. The topological polar surface area (TPSA) is 26.3 Å². The molecule has 0 N–H and O–H groups in total. The van der Waals surface area contributed by atoms with E-state index in [1.165, 1.54) is 0 Å². The molecule has 0 amide bonds. The van der Waals surface area contributed by atoms with E-state index in [-0.39, 0.29) is 18.7 Å². The van der Waals surface area contributed by atoms with Crippen molar-refractivity contribution in [2.45, 2.75) is 0 Å². The molecule has 0 aliphatic rings. The number of carbonyl (C=O) groups is 1. The van der Waals surface area contributed by atoms with Crippen LogP contribution in [0.5, 0.6) is 0 Å². The second kappa shape index (κ2) is 5.11. The summed E-state index contributed by atoms with van der Waals surface area (Å²) < 4.78 is 27.4. The van der Waals surface area contributed by atoms with Crippen LogP contribution in [0.15, 0.2) is 42.7 Å². The Balaban J connectivity index is 2.48. The monoisotopic (exact) mass is 198 g/mol. The lowest BCUT2D eigenvalue weighted by atomic mass is 10.1. The number of ketones is 1. The molecule has 0 saturated carbocycles. The SMILES string of the molecule is O=C(COC=C(F)F)c1ccccc1. The average Bonchev–Trinajstić information content (AvgIpc) is 2.18. The van der Waals surface area contributed by atoms with Crippen LogP contribution in [0.25, 0.3) is 0 Å². The van der Waals surface area contributed by atoms with Crippen molar-refractivity contribution in [1.82, 2.24) is 0 Å². The molecule has 1 aromatic rings. The Kier molecular flexibility index (Phi) is 3.79. The minimum atomic E-state index is -1.95. The summed E-state index contributed by atoms with van der Waals surface area (Å²) in [7, 11) is 0. The first-order valence-corrected chi connectivity index (χ1v) is 3.91. The van der Waals surface area contributed by atoms with Crippen molar-refractivity contribution >= 4 is 5.78 Å². The molecule has 1 aromatic carbocycles. The Labute approximate surface area is 79.8 Å². The van der Waals surface area contributed by atoms with Crippen LogP contribution in [0.2, 0.25) is 0 Å². The van der Waals surface area contributed by atoms with Gasteiger partial charge in [0.2, 0.25) is 0 Å². The molecule has 0 fully saturated rings. The Morgan fingerprint density at radius 2 is 1.93 bits per heavy atom. The standard InChI is InChI=1S/C10H8F2O2/c11-10(12)7-14-6-9(13)8-4-2-1-3-5-8/h1-5,7H,6H2. The summed E-state index contributed by atoms with van der Waals surface area (Å²) in [6.07, 6.45) is -1.69. The fraction of sp³-hybridized carbons (Fsp3) is 0.100. The van der Waals surface area contributed by atoms with E-state index in [0.29, 0.717) is 5.56 Å². The highest BCUT2D eigenvalue weighted by atomic mass is 19.3. The van der Waals surface area contributed by atoms with Crippen LogP contribution in [0, 0.1) is 0 Å². The minimum absolute atomic E-state index is 0.265. The fourth-order valence-electron chi connectivity index (χ4n) is 0.888. The van der Waals surface area contributed by atoms with Gasteiger partial charge >= 0.3 is 6.08 Å². The summed E-state index contributed by atoms with van der Waals surface area (Å²) in [4.78, 5) is 11.2. The third-order valence-electron chi connectivity index (χ3n) is 1.48. The van der Waals surface area contributed by atoms with Gasteiger partial charge in [0.1, 0.15) is 6.26 Å². The molecule has 0 radical (unpaired) electrons. The zero-order chi connectivity index (χ0) is 10.4. The smallest absolute Gasteiger partial charge is 0.304 e. The van der Waals surface area contributed by atoms with Crippen LogP contribution in [-0.2, 0) is 4.74 Å². The number of benzene rings is 1. The van der Waals surface area contributed by atoms with E-state index in [1.54, 1.807) is 30.3 Å². The Morgan fingerprint density at radius 1 is 1.29 bits per heavy atom. The predicted molar refractivity (Wildman–Crippen MR) is 47.0 cm³/mol. The molecule has 0 bridgehead atoms. The molecule has 1 rings (SSSR count). The van der Waals surface area contributed by atoms with Crippen LogP contribution in [0.1, 0.15) is 10.4 Å². The molecule has 4 heteroatoms. The van der Waals surface area contributed by atoms with Crippen LogP contribution < -0.4 is 0 Å². The fourth-order valence-corrected chi connectivity index (χ4v) is 0.888. The van der Waals surface area contributed by atoms with Crippen molar-refractivity contribution in [3.63, 3.8) is 0 Å². The summed E-state index contributed by atoms with van der Waals surface area (Å²) >= 11 is 0. The van der Waals surface area contributed by atoms with Gasteiger partial charge in [0.25, 0.3) is 0 Å². The van der Waals surface area contributed by atoms with E-state index < -0.39 is 6.08 Å². The van der Waals surface area contributed by atoms with Crippen molar-refractivity contribution in [3.05, 3.63) is 48.2 Å². The maximum atomic E-state index is 11.5. The largest absolute Gasteiger partial charge is 0.487 e. The van der Waals surface area contributed by atoms with Crippen LogP contribution in [0.4, 0.5) is 8.78 Å². The van der Waals surface area contributed by atoms with E-state index in [0.717, 1.165) is 0 Å². The zero-order valence-electron chi connectivity index (χ0n) is 7.24. The molecule has 0 unspecified atom stereocenters. The number of Topliss-reactive ketones (excluding diaryl/α,β-unsaturated/α-hetero) is 1. The molecule has 0 heterocycles. The molecule has 0 spiro atoms. The highest BCUT2D eigenvalue weighted by Crippen LogP contribution is 2.02. The van der Waals surface area contributed by atoms with Gasteiger partial charge in [-0.3, -0.25) is 4.79 Å². The van der Waals surface area contributed by atoms with Gasteiger partial charge in [-0.2, -0.15) is 8.78 Å². The summed E-state index contributed by atoms with van der Waals surface area (Å²) in [5.41, 5.74) is 0.445. The normalized spacial score (nSPS) is 9.29. The summed E-state index contributed by atoms with van der Waals surface area (Å²) in [6.45, 7) is -0.374. The molecule has 0 aliphatic heterocycles. The maximum Gasteiger partial charge on any atom is 0.304 e. The zero-order valence-corrected chi connectivity index (χ0v) is 7.24.